The first kappa shape index (κ1) is 16.4. The van der Waals surface area contributed by atoms with E-state index in [-0.39, 0.29) is 25.7 Å². The van der Waals surface area contributed by atoms with Crippen LogP contribution in [-0.2, 0) is 9.53 Å². The van der Waals surface area contributed by atoms with Gasteiger partial charge in [-0.15, -0.1) is 0 Å². The second kappa shape index (κ2) is 9.30. The number of hydrogen-bond acceptors (Lipinski definition) is 4. The van der Waals surface area contributed by atoms with Gasteiger partial charge in [0.25, 0.3) is 5.91 Å². The highest BCUT2D eigenvalue weighted by molar-refractivity contribution is 6.33. The summed E-state index contributed by atoms with van der Waals surface area (Å²) in [6.07, 6.45) is 0. The van der Waals surface area contributed by atoms with E-state index in [4.69, 9.17) is 21.4 Å². The van der Waals surface area contributed by atoms with Crippen LogP contribution in [0.4, 0.5) is 0 Å². The van der Waals surface area contributed by atoms with Gasteiger partial charge in [-0.25, -0.2) is 0 Å². The van der Waals surface area contributed by atoms with Gasteiger partial charge in [0.05, 0.1) is 37.0 Å². The zero-order chi connectivity index (χ0) is 14.8. The lowest BCUT2D eigenvalue weighted by Crippen LogP contribution is -2.38. The number of amides is 2. The van der Waals surface area contributed by atoms with Gasteiger partial charge in [-0.05, 0) is 12.1 Å². The SMILES string of the molecule is O=C(CNC(=O)c1ccccc1Cl)NCCOCCO. The summed E-state index contributed by atoms with van der Waals surface area (Å²) in [5.74, 6) is -0.722. The lowest BCUT2D eigenvalue weighted by molar-refractivity contribution is -0.120. The monoisotopic (exact) mass is 300 g/mol. The number of aliphatic hydroxyl groups excluding tert-OH is 1. The molecule has 7 heteroatoms. The molecule has 3 N–H and O–H groups in total. The summed E-state index contributed by atoms with van der Waals surface area (Å²) in [6.45, 7) is 0.677. The second-order valence-electron chi connectivity index (χ2n) is 3.85. The Bertz CT molecular complexity index is 454. The molecule has 0 atom stereocenters. The molecule has 0 unspecified atom stereocenters. The summed E-state index contributed by atoms with van der Waals surface area (Å²) < 4.78 is 4.97. The van der Waals surface area contributed by atoms with Crippen LogP contribution >= 0.6 is 11.6 Å². The standard InChI is InChI=1S/C13H17ClN2O4/c14-11-4-2-1-3-10(11)13(19)16-9-12(18)15-5-7-20-8-6-17/h1-4,17H,5-9H2,(H,15,18)(H,16,19). The van der Waals surface area contributed by atoms with Gasteiger partial charge in [-0.1, -0.05) is 23.7 Å². The van der Waals surface area contributed by atoms with Crippen molar-refractivity contribution in [1.82, 2.24) is 10.6 Å². The number of aliphatic hydroxyl groups is 1. The fourth-order valence-corrected chi connectivity index (χ4v) is 1.61. The molecular weight excluding hydrogens is 284 g/mol. The van der Waals surface area contributed by atoms with Gasteiger partial charge in [-0.2, -0.15) is 0 Å². The van der Waals surface area contributed by atoms with E-state index in [0.717, 1.165) is 0 Å². The van der Waals surface area contributed by atoms with Crippen molar-refractivity contribution in [2.45, 2.75) is 0 Å². The molecule has 20 heavy (non-hydrogen) atoms. The molecular formula is C13H17ClN2O4. The van der Waals surface area contributed by atoms with Gasteiger partial charge < -0.3 is 20.5 Å². The summed E-state index contributed by atoms with van der Waals surface area (Å²) in [6, 6.07) is 6.60. The van der Waals surface area contributed by atoms with Crippen molar-refractivity contribution < 1.29 is 19.4 Å². The second-order valence-corrected chi connectivity index (χ2v) is 4.26. The normalized spacial score (nSPS) is 10.1. The molecule has 0 fully saturated rings. The predicted molar refractivity (Wildman–Crippen MR) is 74.7 cm³/mol. The highest BCUT2D eigenvalue weighted by atomic mass is 35.5. The highest BCUT2D eigenvalue weighted by Gasteiger charge is 2.10. The number of rotatable bonds is 8. The van der Waals surface area contributed by atoms with E-state index >= 15 is 0 Å². The number of carbonyl (C=O) groups excluding carboxylic acids is 2. The number of hydrogen-bond donors (Lipinski definition) is 3. The van der Waals surface area contributed by atoms with Crippen molar-refractivity contribution in [2.75, 3.05) is 32.9 Å². The first-order valence-corrected chi connectivity index (χ1v) is 6.51. The Morgan fingerprint density at radius 2 is 1.95 bits per heavy atom. The van der Waals surface area contributed by atoms with Crippen LogP contribution in [0.1, 0.15) is 10.4 Å². The van der Waals surface area contributed by atoms with Crippen molar-refractivity contribution in [1.29, 1.82) is 0 Å². The van der Waals surface area contributed by atoms with Crippen LogP contribution in [0.3, 0.4) is 0 Å². The minimum atomic E-state index is -0.401. The predicted octanol–water partition coefficient (Wildman–Crippen LogP) is 0.195. The van der Waals surface area contributed by atoms with Crippen LogP contribution in [0.5, 0.6) is 0 Å². The molecule has 0 aliphatic heterocycles. The Morgan fingerprint density at radius 1 is 1.20 bits per heavy atom. The van der Waals surface area contributed by atoms with E-state index in [1.165, 1.54) is 0 Å². The Morgan fingerprint density at radius 3 is 2.65 bits per heavy atom. The molecule has 0 aromatic heterocycles. The van der Waals surface area contributed by atoms with Crippen molar-refractivity contribution in [3.63, 3.8) is 0 Å². The third-order valence-corrected chi connectivity index (χ3v) is 2.66. The largest absolute Gasteiger partial charge is 0.394 e. The molecule has 0 aliphatic carbocycles. The molecule has 1 aromatic carbocycles. The Balaban J connectivity index is 2.24. The zero-order valence-corrected chi connectivity index (χ0v) is 11.7. The zero-order valence-electron chi connectivity index (χ0n) is 10.9. The minimum Gasteiger partial charge on any atom is -0.394 e. The van der Waals surface area contributed by atoms with E-state index in [1.54, 1.807) is 24.3 Å². The quantitative estimate of drug-likeness (QED) is 0.598. The number of halogens is 1. The van der Waals surface area contributed by atoms with Gasteiger partial charge in [0.2, 0.25) is 5.91 Å². The summed E-state index contributed by atoms with van der Waals surface area (Å²) in [5, 5.41) is 13.9. The number of benzene rings is 1. The third-order valence-electron chi connectivity index (χ3n) is 2.33. The van der Waals surface area contributed by atoms with E-state index in [0.29, 0.717) is 23.7 Å². The van der Waals surface area contributed by atoms with Gasteiger partial charge in [0.1, 0.15) is 0 Å². The minimum absolute atomic E-state index is 0.0537. The molecule has 0 heterocycles. The lowest BCUT2D eigenvalue weighted by Gasteiger charge is -2.08. The van der Waals surface area contributed by atoms with Crippen LogP contribution in [0.2, 0.25) is 5.02 Å². The first-order valence-electron chi connectivity index (χ1n) is 6.13. The third kappa shape index (κ3) is 6.01. The number of nitrogens with one attached hydrogen (secondary N) is 2. The van der Waals surface area contributed by atoms with E-state index < -0.39 is 5.91 Å². The average molecular weight is 301 g/mol. The van der Waals surface area contributed by atoms with Crippen LogP contribution in [-0.4, -0.2) is 49.8 Å². The molecule has 110 valence electrons. The average Bonchev–Trinajstić information content (AvgIpc) is 2.45. The van der Waals surface area contributed by atoms with Crippen molar-refractivity contribution in [3.05, 3.63) is 34.9 Å². The summed E-state index contributed by atoms with van der Waals surface area (Å²) in [4.78, 5) is 23.2. The summed E-state index contributed by atoms with van der Waals surface area (Å²) >= 11 is 5.87. The Hall–Kier alpha value is -1.63. The molecule has 0 radical (unpaired) electrons. The van der Waals surface area contributed by atoms with Gasteiger partial charge >= 0.3 is 0 Å². The molecule has 0 saturated heterocycles. The summed E-state index contributed by atoms with van der Waals surface area (Å²) in [7, 11) is 0. The number of ether oxygens (including phenoxy) is 1. The van der Waals surface area contributed by atoms with Crippen LogP contribution < -0.4 is 10.6 Å². The van der Waals surface area contributed by atoms with E-state index in [1.807, 2.05) is 0 Å². The van der Waals surface area contributed by atoms with Gasteiger partial charge in [0.15, 0.2) is 0 Å². The molecule has 1 aromatic rings. The molecule has 0 spiro atoms. The molecule has 1 rings (SSSR count). The summed E-state index contributed by atoms with van der Waals surface area (Å²) in [5.41, 5.74) is 0.327. The van der Waals surface area contributed by atoms with Gasteiger partial charge in [0, 0.05) is 6.54 Å². The molecule has 0 bridgehead atoms. The lowest BCUT2D eigenvalue weighted by atomic mass is 10.2. The van der Waals surface area contributed by atoms with Gasteiger partial charge in [-0.3, -0.25) is 9.59 Å². The Kier molecular flexibility index (Phi) is 7.64. The number of carbonyl (C=O) groups is 2. The van der Waals surface area contributed by atoms with E-state index in [9.17, 15) is 9.59 Å². The topological polar surface area (TPSA) is 87.7 Å². The maximum atomic E-state index is 11.8. The molecule has 0 aliphatic rings. The Labute approximate surface area is 122 Å². The molecule has 0 saturated carbocycles. The van der Waals surface area contributed by atoms with Crippen LogP contribution in [0.15, 0.2) is 24.3 Å². The molecule has 6 nitrogen and oxygen atoms in total. The van der Waals surface area contributed by atoms with Crippen LogP contribution in [0.25, 0.3) is 0 Å². The van der Waals surface area contributed by atoms with Crippen molar-refractivity contribution in [2.24, 2.45) is 0 Å². The van der Waals surface area contributed by atoms with Crippen molar-refractivity contribution in [3.8, 4) is 0 Å². The maximum Gasteiger partial charge on any atom is 0.253 e. The van der Waals surface area contributed by atoms with Crippen molar-refractivity contribution >= 4 is 23.4 Å². The fraction of sp³-hybridized carbons (Fsp3) is 0.385. The smallest absolute Gasteiger partial charge is 0.253 e. The fourth-order valence-electron chi connectivity index (χ4n) is 1.39. The molecule has 2 amide bonds. The van der Waals surface area contributed by atoms with Crippen LogP contribution in [0, 0.1) is 0 Å². The maximum absolute atomic E-state index is 11.8. The van der Waals surface area contributed by atoms with E-state index in [2.05, 4.69) is 10.6 Å². The highest BCUT2D eigenvalue weighted by Crippen LogP contribution is 2.14. The first-order chi connectivity index (χ1) is 9.65.